The highest BCUT2D eigenvalue weighted by Gasteiger charge is 2.22. The van der Waals surface area contributed by atoms with Crippen LogP contribution in [0.1, 0.15) is 57.1 Å². The maximum Gasteiger partial charge on any atom is 0.220 e. The lowest BCUT2D eigenvalue weighted by molar-refractivity contribution is -0.122. The number of nitrogens with zero attached hydrogens (tertiary/aromatic N) is 3. The van der Waals surface area contributed by atoms with E-state index in [-0.39, 0.29) is 5.91 Å². The number of amides is 1. The van der Waals surface area contributed by atoms with Gasteiger partial charge in [0.05, 0.1) is 6.54 Å². The van der Waals surface area contributed by atoms with E-state index in [1.54, 1.807) is 0 Å². The van der Waals surface area contributed by atoms with Crippen molar-refractivity contribution in [2.24, 2.45) is 11.8 Å². The summed E-state index contributed by atoms with van der Waals surface area (Å²) in [7, 11) is 0. The lowest BCUT2D eigenvalue weighted by Gasteiger charge is -2.28. The van der Waals surface area contributed by atoms with E-state index < -0.39 is 0 Å². The third kappa shape index (κ3) is 4.31. The van der Waals surface area contributed by atoms with Crippen LogP contribution < -0.4 is 10.6 Å². The highest BCUT2D eigenvalue weighted by molar-refractivity contribution is 5.76. The molecule has 23 heavy (non-hydrogen) atoms. The van der Waals surface area contributed by atoms with Crippen molar-refractivity contribution in [2.75, 3.05) is 13.1 Å². The van der Waals surface area contributed by atoms with E-state index in [9.17, 15) is 4.79 Å². The van der Waals surface area contributed by atoms with Gasteiger partial charge in [-0.3, -0.25) is 4.79 Å². The molecule has 1 saturated heterocycles. The summed E-state index contributed by atoms with van der Waals surface area (Å²) < 4.78 is 2.20. The van der Waals surface area contributed by atoms with E-state index >= 15 is 0 Å². The fourth-order valence-electron chi connectivity index (χ4n) is 3.75. The molecule has 0 spiro atoms. The standard InChI is InChI=1S/C17H29N5O/c1-13(14-6-5-8-18-11-14)10-17(23)19-12-16-21-20-15-7-3-2-4-9-22(15)16/h13-14,18H,2-12H2,1H3,(H,19,23). The molecule has 2 unspecified atom stereocenters. The molecule has 3 heterocycles. The van der Waals surface area contributed by atoms with Gasteiger partial charge >= 0.3 is 0 Å². The van der Waals surface area contributed by atoms with Crippen molar-refractivity contribution >= 4 is 5.91 Å². The number of carbonyl (C=O) groups is 1. The first-order chi connectivity index (χ1) is 11.2. The summed E-state index contributed by atoms with van der Waals surface area (Å²) in [6.45, 7) is 5.85. The predicted octanol–water partition coefficient (Wildman–Crippen LogP) is 1.65. The molecule has 1 aromatic rings. The van der Waals surface area contributed by atoms with Crippen molar-refractivity contribution in [3.8, 4) is 0 Å². The summed E-state index contributed by atoms with van der Waals surface area (Å²) in [5.41, 5.74) is 0. The van der Waals surface area contributed by atoms with Crippen molar-refractivity contribution in [1.82, 2.24) is 25.4 Å². The Morgan fingerprint density at radius 1 is 1.35 bits per heavy atom. The monoisotopic (exact) mass is 319 g/mol. The molecule has 2 atom stereocenters. The van der Waals surface area contributed by atoms with Crippen LogP contribution in [0.2, 0.25) is 0 Å². The summed E-state index contributed by atoms with van der Waals surface area (Å²) in [6.07, 6.45) is 7.69. The van der Waals surface area contributed by atoms with E-state index in [2.05, 4.69) is 32.3 Å². The van der Waals surface area contributed by atoms with Crippen LogP contribution in [-0.4, -0.2) is 33.8 Å². The van der Waals surface area contributed by atoms with E-state index in [1.165, 1.54) is 32.1 Å². The lowest BCUT2D eigenvalue weighted by Crippen LogP contribution is -2.35. The number of carbonyl (C=O) groups excluding carboxylic acids is 1. The maximum atomic E-state index is 12.2. The molecular weight excluding hydrogens is 290 g/mol. The minimum absolute atomic E-state index is 0.133. The zero-order valence-corrected chi connectivity index (χ0v) is 14.2. The minimum Gasteiger partial charge on any atom is -0.349 e. The molecule has 0 bridgehead atoms. The van der Waals surface area contributed by atoms with Crippen LogP contribution in [0, 0.1) is 11.8 Å². The molecule has 2 aliphatic rings. The second-order valence-corrected chi connectivity index (χ2v) is 7.06. The largest absolute Gasteiger partial charge is 0.349 e. The van der Waals surface area contributed by atoms with Crippen LogP contribution in [0.15, 0.2) is 0 Å². The Morgan fingerprint density at radius 3 is 3.09 bits per heavy atom. The summed E-state index contributed by atoms with van der Waals surface area (Å²) in [6, 6.07) is 0. The van der Waals surface area contributed by atoms with Gasteiger partial charge in [-0.1, -0.05) is 13.3 Å². The fraction of sp³-hybridized carbons (Fsp3) is 0.824. The van der Waals surface area contributed by atoms with Crippen molar-refractivity contribution in [2.45, 2.75) is 65.0 Å². The molecule has 2 N–H and O–H groups in total. The van der Waals surface area contributed by atoms with Crippen molar-refractivity contribution in [3.63, 3.8) is 0 Å². The molecule has 6 heteroatoms. The second-order valence-electron chi connectivity index (χ2n) is 7.06. The average molecular weight is 319 g/mol. The maximum absolute atomic E-state index is 12.2. The summed E-state index contributed by atoms with van der Waals surface area (Å²) in [4.78, 5) is 12.2. The first-order valence-electron chi connectivity index (χ1n) is 9.12. The van der Waals surface area contributed by atoms with Crippen LogP contribution in [-0.2, 0) is 24.3 Å². The Balaban J connectivity index is 1.48. The van der Waals surface area contributed by atoms with Crippen LogP contribution in [0.3, 0.4) is 0 Å². The van der Waals surface area contributed by atoms with Crippen molar-refractivity contribution < 1.29 is 4.79 Å². The van der Waals surface area contributed by atoms with Gasteiger partial charge in [0.25, 0.3) is 0 Å². The van der Waals surface area contributed by atoms with E-state index in [0.29, 0.717) is 24.8 Å². The number of aryl methyl sites for hydroxylation is 1. The molecule has 128 valence electrons. The lowest BCUT2D eigenvalue weighted by atomic mass is 9.85. The van der Waals surface area contributed by atoms with E-state index in [4.69, 9.17) is 0 Å². The van der Waals surface area contributed by atoms with Gasteiger partial charge in [0, 0.05) is 19.4 Å². The molecule has 1 amide bonds. The van der Waals surface area contributed by atoms with Gasteiger partial charge in [-0.05, 0) is 50.6 Å². The van der Waals surface area contributed by atoms with Crippen molar-refractivity contribution in [3.05, 3.63) is 11.6 Å². The third-order valence-electron chi connectivity index (χ3n) is 5.28. The Morgan fingerprint density at radius 2 is 2.26 bits per heavy atom. The Labute approximate surface area is 138 Å². The highest BCUT2D eigenvalue weighted by Crippen LogP contribution is 2.22. The Bertz CT molecular complexity index is 521. The van der Waals surface area contributed by atoms with Crippen molar-refractivity contribution in [1.29, 1.82) is 0 Å². The molecule has 0 aliphatic carbocycles. The molecule has 1 aromatic heterocycles. The van der Waals surface area contributed by atoms with Gasteiger partial charge in [-0.2, -0.15) is 0 Å². The third-order valence-corrected chi connectivity index (χ3v) is 5.28. The predicted molar refractivity (Wildman–Crippen MR) is 88.8 cm³/mol. The Kier molecular flexibility index (Phi) is 5.65. The quantitative estimate of drug-likeness (QED) is 0.865. The van der Waals surface area contributed by atoms with Gasteiger partial charge < -0.3 is 15.2 Å². The fourth-order valence-corrected chi connectivity index (χ4v) is 3.75. The molecule has 1 fully saturated rings. The zero-order valence-electron chi connectivity index (χ0n) is 14.2. The normalized spacial score (nSPS) is 22.9. The zero-order chi connectivity index (χ0) is 16.1. The number of nitrogens with one attached hydrogen (secondary N) is 2. The Hall–Kier alpha value is -1.43. The van der Waals surface area contributed by atoms with Crippen LogP contribution in [0.4, 0.5) is 0 Å². The molecule has 3 rings (SSSR count). The average Bonchev–Trinajstić information content (AvgIpc) is 2.80. The first kappa shape index (κ1) is 16.4. The van der Waals surface area contributed by atoms with Gasteiger partial charge in [-0.25, -0.2) is 0 Å². The molecule has 2 aliphatic heterocycles. The molecule has 0 aromatic carbocycles. The summed E-state index contributed by atoms with van der Waals surface area (Å²) >= 11 is 0. The molecular formula is C17H29N5O. The topological polar surface area (TPSA) is 71.8 Å². The highest BCUT2D eigenvalue weighted by atomic mass is 16.1. The summed E-state index contributed by atoms with van der Waals surface area (Å²) in [5, 5.41) is 15.0. The second kappa shape index (κ2) is 7.90. The van der Waals surface area contributed by atoms with Gasteiger partial charge in [0.15, 0.2) is 5.82 Å². The smallest absolute Gasteiger partial charge is 0.220 e. The van der Waals surface area contributed by atoms with Crippen LogP contribution in [0.5, 0.6) is 0 Å². The van der Waals surface area contributed by atoms with Crippen LogP contribution in [0.25, 0.3) is 0 Å². The SMILES string of the molecule is CC(CC(=O)NCc1nnc2n1CCCCC2)C1CCCNC1. The van der Waals surface area contributed by atoms with E-state index in [1.807, 2.05) is 0 Å². The molecule has 0 radical (unpaired) electrons. The number of aromatic nitrogens is 3. The number of fused-ring (bicyclic) bond motifs is 1. The van der Waals surface area contributed by atoms with Gasteiger partial charge in [0.2, 0.25) is 5.91 Å². The van der Waals surface area contributed by atoms with Gasteiger partial charge in [0.1, 0.15) is 5.82 Å². The van der Waals surface area contributed by atoms with E-state index in [0.717, 1.165) is 37.7 Å². The number of rotatable bonds is 5. The van der Waals surface area contributed by atoms with Gasteiger partial charge in [-0.15, -0.1) is 10.2 Å². The minimum atomic E-state index is 0.133. The molecule has 6 nitrogen and oxygen atoms in total. The number of hydrogen-bond donors (Lipinski definition) is 2. The number of piperidine rings is 1. The summed E-state index contributed by atoms with van der Waals surface area (Å²) in [5.74, 6) is 3.17. The van der Waals surface area contributed by atoms with Crippen LogP contribution >= 0.6 is 0 Å². The number of hydrogen-bond acceptors (Lipinski definition) is 4. The first-order valence-corrected chi connectivity index (χ1v) is 9.12. The molecule has 0 saturated carbocycles.